The molecular formula is C23H12BrI2NO4. The lowest BCUT2D eigenvalue weighted by Crippen LogP contribution is -2.10. The zero-order chi connectivity index (χ0) is 22.0. The Morgan fingerprint density at radius 1 is 1.00 bits per heavy atom. The Kier molecular flexibility index (Phi) is 6.87. The van der Waals surface area contributed by atoms with Crippen LogP contribution in [0.1, 0.15) is 21.5 Å². The largest absolute Gasteiger partial charge is 0.421 e. The van der Waals surface area contributed by atoms with Gasteiger partial charge in [0.1, 0.15) is 0 Å². The second-order valence-electron chi connectivity index (χ2n) is 6.39. The number of hydrogen-bond donors (Lipinski definition) is 0. The zero-order valence-electron chi connectivity index (χ0n) is 15.6. The van der Waals surface area contributed by atoms with Gasteiger partial charge in [-0.05, 0) is 109 Å². The number of carbonyl (C=O) groups excluding carboxylic acids is 2. The van der Waals surface area contributed by atoms with Crippen molar-refractivity contribution in [1.82, 2.24) is 0 Å². The summed E-state index contributed by atoms with van der Waals surface area (Å²) in [4.78, 5) is 29.1. The topological polar surface area (TPSA) is 65.0 Å². The summed E-state index contributed by atoms with van der Waals surface area (Å²) in [5.41, 5.74) is 2.12. The lowest BCUT2D eigenvalue weighted by molar-refractivity contribution is -0.129. The van der Waals surface area contributed by atoms with Crippen LogP contribution >= 0.6 is 61.1 Å². The van der Waals surface area contributed by atoms with Crippen LogP contribution in [-0.4, -0.2) is 17.8 Å². The maximum absolute atomic E-state index is 12.4. The van der Waals surface area contributed by atoms with Gasteiger partial charge in [0.15, 0.2) is 11.4 Å². The SMILES string of the molecule is O=C1OC(c2ccccc2Br)=N/C1=C\c1cc(I)c(OC(=O)c2ccccc2)c(I)c1. The Labute approximate surface area is 214 Å². The van der Waals surface area contributed by atoms with Crippen molar-refractivity contribution >= 4 is 85.0 Å². The predicted octanol–water partition coefficient (Wildman–Crippen LogP) is 6.22. The minimum atomic E-state index is -0.518. The Balaban J connectivity index is 1.61. The molecule has 0 bridgehead atoms. The number of aliphatic imine (C=N–C) groups is 1. The number of benzene rings is 3. The molecule has 8 heteroatoms. The van der Waals surface area contributed by atoms with E-state index in [0.29, 0.717) is 16.9 Å². The first-order chi connectivity index (χ1) is 14.9. The van der Waals surface area contributed by atoms with E-state index in [1.165, 1.54) is 0 Å². The lowest BCUT2D eigenvalue weighted by atomic mass is 10.2. The standard InChI is InChI=1S/C23H12BrI2NO4/c24-16-9-5-4-8-15(16)21-27-19(23(29)31-21)12-13-10-17(25)20(18(26)11-13)30-22(28)14-6-2-1-3-7-14/h1-12H/b19-12-. The molecule has 0 spiro atoms. The number of cyclic esters (lactones) is 1. The van der Waals surface area contributed by atoms with Gasteiger partial charge >= 0.3 is 11.9 Å². The average molecular weight is 700 g/mol. The second kappa shape index (κ2) is 9.61. The Morgan fingerprint density at radius 3 is 2.32 bits per heavy atom. The van der Waals surface area contributed by atoms with Crippen molar-refractivity contribution in [3.05, 3.63) is 101 Å². The molecule has 1 aliphatic rings. The molecule has 0 N–H and O–H groups in total. The average Bonchev–Trinajstić information content (AvgIpc) is 3.11. The summed E-state index contributed by atoms with van der Waals surface area (Å²) in [7, 11) is 0. The van der Waals surface area contributed by atoms with Gasteiger partial charge in [-0.15, -0.1) is 0 Å². The van der Waals surface area contributed by atoms with Gasteiger partial charge in [-0.3, -0.25) is 0 Å². The number of esters is 2. The molecule has 154 valence electrons. The number of carbonyl (C=O) groups is 2. The Morgan fingerprint density at radius 2 is 1.65 bits per heavy atom. The highest BCUT2D eigenvalue weighted by Gasteiger charge is 2.25. The van der Waals surface area contributed by atoms with Crippen molar-refractivity contribution in [2.24, 2.45) is 4.99 Å². The van der Waals surface area contributed by atoms with E-state index in [1.54, 1.807) is 30.3 Å². The molecule has 0 saturated heterocycles. The molecular weight excluding hydrogens is 688 g/mol. The van der Waals surface area contributed by atoms with Crippen molar-refractivity contribution < 1.29 is 19.1 Å². The van der Waals surface area contributed by atoms with Crippen LogP contribution in [0.2, 0.25) is 0 Å². The monoisotopic (exact) mass is 699 g/mol. The van der Waals surface area contributed by atoms with E-state index in [0.717, 1.165) is 17.2 Å². The molecule has 1 aliphatic heterocycles. The second-order valence-corrected chi connectivity index (χ2v) is 9.56. The predicted molar refractivity (Wildman–Crippen MR) is 138 cm³/mol. The van der Waals surface area contributed by atoms with Gasteiger partial charge in [0.25, 0.3) is 0 Å². The summed E-state index contributed by atoms with van der Waals surface area (Å²) in [6, 6.07) is 19.8. The molecule has 0 radical (unpaired) electrons. The third-order valence-electron chi connectivity index (χ3n) is 4.25. The molecule has 0 atom stereocenters. The maximum Gasteiger partial charge on any atom is 0.363 e. The molecule has 4 rings (SSSR count). The van der Waals surface area contributed by atoms with Crippen LogP contribution in [0.15, 0.2) is 81.9 Å². The van der Waals surface area contributed by atoms with E-state index in [1.807, 2.05) is 42.5 Å². The first-order valence-corrected chi connectivity index (χ1v) is 11.9. The van der Waals surface area contributed by atoms with E-state index in [9.17, 15) is 9.59 Å². The molecule has 0 saturated carbocycles. The Hall–Kier alpha value is -2.05. The molecule has 0 amide bonds. The van der Waals surface area contributed by atoms with E-state index in [-0.39, 0.29) is 11.6 Å². The van der Waals surface area contributed by atoms with Gasteiger partial charge in [0.2, 0.25) is 5.90 Å². The third kappa shape index (κ3) is 5.07. The summed E-state index contributed by atoms with van der Waals surface area (Å²) < 4.78 is 13.2. The van der Waals surface area contributed by atoms with Crippen molar-refractivity contribution in [3.63, 3.8) is 0 Å². The molecule has 0 fully saturated rings. The summed E-state index contributed by atoms with van der Waals surface area (Å²) in [6.45, 7) is 0. The van der Waals surface area contributed by atoms with Crippen molar-refractivity contribution in [3.8, 4) is 5.75 Å². The third-order valence-corrected chi connectivity index (χ3v) is 6.55. The van der Waals surface area contributed by atoms with E-state index in [2.05, 4.69) is 66.1 Å². The van der Waals surface area contributed by atoms with Crippen LogP contribution < -0.4 is 4.74 Å². The summed E-state index contributed by atoms with van der Waals surface area (Å²) in [5.74, 6) is -0.218. The summed E-state index contributed by atoms with van der Waals surface area (Å²) >= 11 is 7.65. The Bertz CT molecular complexity index is 1230. The fourth-order valence-corrected chi connectivity index (χ4v) is 5.29. The number of nitrogens with zero attached hydrogens (tertiary/aromatic N) is 1. The van der Waals surface area contributed by atoms with E-state index >= 15 is 0 Å². The fraction of sp³-hybridized carbons (Fsp3) is 0. The zero-order valence-corrected chi connectivity index (χ0v) is 21.5. The summed E-state index contributed by atoms with van der Waals surface area (Å²) in [6.07, 6.45) is 1.65. The van der Waals surface area contributed by atoms with Crippen molar-refractivity contribution in [2.45, 2.75) is 0 Å². The first kappa shape index (κ1) is 22.2. The smallest absolute Gasteiger partial charge is 0.363 e. The maximum atomic E-state index is 12.4. The van der Waals surface area contributed by atoms with Crippen LogP contribution in [0, 0.1) is 7.14 Å². The minimum Gasteiger partial charge on any atom is -0.421 e. The molecule has 0 unspecified atom stereocenters. The van der Waals surface area contributed by atoms with Gasteiger partial charge in [0, 0.05) is 4.47 Å². The van der Waals surface area contributed by atoms with E-state index < -0.39 is 11.9 Å². The molecule has 5 nitrogen and oxygen atoms in total. The molecule has 3 aromatic rings. The number of hydrogen-bond acceptors (Lipinski definition) is 5. The first-order valence-electron chi connectivity index (χ1n) is 8.96. The molecule has 31 heavy (non-hydrogen) atoms. The van der Waals surface area contributed by atoms with Crippen molar-refractivity contribution in [1.29, 1.82) is 0 Å². The molecule has 3 aromatic carbocycles. The van der Waals surface area contributed by atoms with Crippen LogP contribution in [0.5, 0.6) is 5.75 Å². The van der Waals surface area contributed by atoms with Crippen LogP contribution in [0.25, 0.3) is 6.08 Å². The fourth-order valence-electron chi connectivity index (χ4n) is 2.80. The van der Waals surface area contributed by atoms with Crippen LogP contribution in [-0.2, 0) is 9.53 Å². The van der Waals surface area contributed by atoms with Gasteiger partial charge in [-0.25, -0.2) is 14.6 Å². The van der Waals surface area contributed by atoms with Gasteiger partial charge in [0.05, 0.1) is 18.3 Å². The minimum absolute atomic E-state index is 0.200. The van der Waals surface area contributed by atoms with Gasteiger partial charge < -0.3 is 9.47 Å². The molecule has 0 aromatic heterocycles. The van der Waals surface area contributed by atoms with Crippen molar-refractivity contribution in [2.75, 3.05) is 0 Å². The molecule has 0 aliphatic carbocycles. The van der Waals surface area contributed by atoms with Gasteiger partial charge in [-0.2, -0.15) is 0 Å². The lowest BCUT2D eigenvalue weighted by Gasteiger charge is -2.10. The van der Waals surface area contributed by atoms with E-state index in [4.69, 9.17) is 9.47 Å². The number of rotatable bonds is 4. The van der Waals surface area contributed by atoms with Crippen LogP contribution in [0.3, 0.4) is 0 Å². The van der Waals surface area contributed by atoms with Crippen LogP contribution in [0.4, 0.5) is 0 Å². The highest BCUT2D eigenvalue weighted by atomic mass is 127. The summed E-state index contributed by atoms with van der Waals surface area (Å²) in [5, 5.41) is 0. The quantitative estimate of drug-likeness (QED) is 0.140. The highest BCUT2D eigenvalue weighted by Crippen LogP contribution is 2.31. The van der Waals surface area contributed by atoms with Gasteiger partial charge in [-0.1, -0.05) is 30.3 Å². The highest BCUT2D eigenvalue weighted by molar-refractivity contribution is 14.1. The normalized spacial score (nSPS) is 14.4. The molecule has 1 heterocycles. The number of halogens is 3. The number of ether oxygens (including phenoxy) is 2.